The number of anilines is 1. The highest BCUT2D eigenvalue weighted by Crippen LogP contribution is 2.35. The van der Waals surface area contributed by atoms with Crippen LogP contribution < -0.4 is 5.32 Å². The Morgan fingerprint density at radius 2 is 1.84 bits per heavy atom. The van der Waals surface area contributed by atoms with Crippen molar-refractivity contribution in [1.29, 1.82) is 0 Å². The molecule has 0 spiro atoms. The minimum absolute atomic E-state index is 0.235. The molecule has 1 aliphatic rings. The van der Waals surface area contributed by atoms with Crippen molar-refractivity contribution in [2.45, 2.75) is 12.6 Å². The third-order valence-corrected chi connectivity index (χ3v) is 6.13. The average Bonchev–Trinajstić information content (AvgIpc) is 3.43. The quantitative estimate of drug-likeness (QED) is 0.456. The molecule has 5 nitrogen and oxygen atoms in total. The van der Waals surface area contributed by atoms with Crippen LogP contribution in [0.3, 0.4) is 0 Å². The first-order chi connectivity index (χ1) is 15.6. The molecule has 158 valence electrons. The van der Waals surface area contributed by atoms with Gasteiger partial charge in [0.2, 0.25) is 0 Å². The Balaban J connectivity index is 1.49. The Hall–Kier alpha value is -3.84. The van der Waals surface area contributed by atoms with Gasteiger partial charge in [-0.25, -0.2) is 9.37 Å². The van der Waals surface area contributed by atoms with Gasteiger partial charge in [0.1, 0.15) is 11.9 Å². The van der Waals surface area contributed by atoms with E-state index in [1.165, 1.54) is 23.5 Å². The number of thiazole rings is 1. The van der Waals surface area contributed by atoms with Crippen molar-refractivity contribution in [3.63, 3.8) is 0 Å². The molecule has 2 heterocycles. The summed E-state index contributed by atoms with van der Waals surface area (Å²) in [5, 5.41) is 5.08. The van der Waals surface area contributed by atoms with Gasteiger partial charge >= 0.3 is 0 Å². The average molecular weight is 444 g/mol. The van der Waals surface area contributed by atoms with Crippen LogP contribution in [0.25, 0.3) is 11.1 Å². The maximum atomic E-state index is 13.7. The van der Waals surface area contributed by atoms with Crippen LogP contribution in [0.4, 0.5) is 9.52 Å². The number of nitrogens with one attached hydrogen (secondary N) is 1. The number of carbonyl (C=O) groups is 2. The lowest BCUT2D eigenvalue weighted by molar-refractivity contribution is -0.120. The van der Waals surface area contributed by atoms with Crippen LogP contribution in [0.5, 0.6) is 0 Å². The van der Waals surface area contributed by atoms with Gasteiger partial charge in [-0.3, -0.25) is 14.9 Å². The van der Waals surface area contributed by atoms with Crippen molar-refractivity contribution in [3.05, 3.63) is 107 Å². The number of carbonyl (C=O) groups excluding carboxylic acids is 2. The molecule has 5 rings (SSSR count). The molecule has 0 unspecified atom stereocenters. The van der Waals surface area contributed by atoms with E-state index in [4.69, 9.17) is 0 Å². The van der Waals surface area contributed by atoms with Crippen LogP contribution in [0.2, 0.25) is 0 Å². The lowest BCUT2D eigenvalue weighted by Crippen LogP contribution is -2.37. The Morgan fingerprint density at radius 3 is 2.59 bits per heavy atom. The number of hydrogen-bond donors (Lipinski definition) is 1. The summed E-state index contributed by atoms with van der Waals surface area (Å²) in [4.78, 5) is 32.4. The van der Waals surface area contributed by atoms with Crippen LogP contribution in [0.1, 0.15) is 27.5 Å². The minimum Gasteiger partial charge on any atom is -0.318 e. The zero-order chi connectivity index (χ0) is 22.1. The molecule has 4 aromatic rings. The number of amides is 2. The van der Waals surface area contributed by atoms with Crippen LogP contribution in [-0.2, 0) is 11.3 Å². The molecule has 0 saturated heterocycles. The SMILES string of the molecule is O=C(Nc1nccs1)[C@@H](c1ccccc1)N1Cc2ccc(-c3cccc(F)c3)cc2C1=O. The van der Waals surface area contributed by atoms with Crippen LogP contribution in [0, 0.1) is 5.82 Å². The standard InChI is InChI=1S/C25H18FN3O2S/c26-20-8-4-7-17(13-20)18-9-10-19-15-29(24(31)21(19)14-18)22(16-5-2-1-3-6-16)23(30)28-25-27-11-12-32-25/h1-14,22H,15H2,(H,27,28,30)/t22-/m1/s1. The molecule has 1 atom stereocenters. The minimum atomic E-state index is -0.808. The Morgan fingerprint density at radius 1 is 1.03 bits per heavy atom. The second kappa shape index (κ2) is 8.36. The van der Waals surface area contributed by atoms with Gasteiger partial charge in [0.05, 0.1) is 0 Å². The van der Waals surface area contributed by atoms with Gasteiger partial charge in [0.15, 0.2) is 5.13 Å². The molecule has 1 N–H and O–H groups in total. The Kier molecular flexibility index (Phi) is 5.25. The molecule has 32 heavy (non-hydrogen) atoms. The van der Waals surface area contributed by atoms with Gasteiger partial charge in [0.25, 0.3) is 11.8 Å². The van der Waals surface area contributed by atoms with Crippen LogP contribution in [-0.4, -0.2) is 21.7 Å². The number of hydrogen-bond acceptors (Lipinski definition) is 4. The summed E-state index contributed by atoms with van der Waals surface area (Å²) < 4.78 is 13.7. The lowest BCUT2D eigenvalue weighted by Gasteiger charge is -2.27. The summed E-state index contributed by atoms with van der Waals surface area (Å²) in [6.07, 6.45) is 1.61. The summed E-state index contributed by atoms with van der Waals surface area (Å²) in [6, 6.07) is 20.2. The molecule has 1 aromatic heterocycles. The Bertz CT molecular complexity index is 1290. The number of rotatable bonds is 5. The molecule has 0 saturated carbocycles. The van der Waals surface area contributed by atoms with Gasteiger partial charge in [-0.05, 0) is 40.5 Å². The summed E-state index contributed by atoms with van der Waals surface area (Å²) in [6.45, 7) is 0.308. The highest BCUT2D eigenvalue weighted by molar-refractivity contribution is 7.13. The molecule has 1 aliphatic heterocycles. The smallest absolute Gasteiger partial charge is 0.255 e. The fraction of sp³-hybridized carbons (Fsp3) is 0.0800. The second-order valence-corrected chi connectivity index (χ2v) is 8.35. The summed E-state index contributed by atoms with van der Waals surface area (Å²) in [7, 11) is 0. The normalized spacial score (nSPS) is 13.7. The zero-order valence-corrected chi connectivity index (χ0v) is 17.7. The number of benzene rings is 3. The van der Waals surface area contributed by atoms with Gasteiger partial charge in [-0.15, -0.1) is 11.3 Å². The van der Waals surface area contributed by atoms with E-state index >= 15 is 0 Å². The van der Waals surface area contributed by atoms with Gasteiger partial charge in [-0.1, -0.05) is 54.6 Å². The summed E-state index contributed by atoms with van der Waals surface area (Å²) >= 11 is 1.32. The highest BCUT2D eigenvalue weighted by atomic mass is 32.1. The van der Waals surface area contributed by atoms with Crippen molar-refractivity contribution in [3.8, 4) is 11.1 Å². The van der Waals surface area contributed by atoms with Crippen LogP contribution in [0.15, 0.2) is 84.4 Å². The largest absolute Gasteiger partial charge is 0.318 e. The van der Waals surface area contributed by atoms with E-state index < -0.39 is 6.04 Å². The van der Waals surface area contributed by atoms with E-state index in [-0.39, 0.29) is 17.6 Å². The molecule has 3 aromatic carbocycles. The molecule has 7 heteroatoms. The molecular weight excluding hydrogens is 425 g/mol. The fourth-order valence-electron chi connectivity index (χ4n) is 3.95. The van der Waals surface area contributed by atoms with E-state index in [1.54, 1.807) is 34.7 Å². The molecule has 0 bridgehead atoms. The first kappa shape index (κ1) is 20.1. The monoisotopic (exact) mass is 443 g/mol. The van der Waals surface area contributed by atoms with Crippen molar-refractivity contribution in [2.75, 3.05) is 5.32 Å². The molecule has 0 radical (unpaired) electrons. The molecule has 0 fully saturated rings. The summed E-state index contributed by atoms with van der Waals surface area (Å²) in [5.41, 5.74) is 3.52. The van der Waals surface area contributed by atoms with E-state index in [9.17, 15) is 14.0 Å². The van der Waals surface area contributed by atoms with Crippen molar-refractivity contribution >= 4 is 28.3 Å². The predicted octanol–water partition coefficient (Wildman–Crippen LogP) is 5.29. The zero-order valence-electron chi connectivity index (χ0n) is 16.9. The highest BCUT2D eigenvalue weighted by Gasteiger charge is 2.37. The number of halogens is 1. The Labute approximate surface area is 188 Å². The molecule has 2 amide bonds. The maximum Gasteiger partial charge on any atom is 0.255 e. The van der Waals surface area contributed by atoms with Gasteiger partial charge in [0, 0.05) is 23.7 Å². The van der Waals surface area contributed by atoms with E-state index in [1.807, 2.05) is 42.5 Å². The van der Waals surface area contributed by atoms with Crippen LogP contribution >= 0.6 is 11.3 Å². The van der Waals surface area contributed by atoms with E-state index in [0.717, 1.165) is 11.1 Å². The van der Waals surface area contributed by atoms with Gasteiger partial charge in [-0.2, -0.15) is 0 Å². The van der Waals surface area contributed by atoms with Crippen molar-refractivity contribution in [1.82, 2.24) is 9.88 Å². The first-order valence-electron chi connectivity index (χ1n) is 10.1. The third-order valence-electron chi connectivity index (χ3n) is 5.44. The predicted molar refractivity (Wildman–Crippen MR) is 122 cm³/mol. The summed E-state index contributed by atoms with van der Waals surface area (Å²) in [5.74, 6) is -0.891. The number of fused-ring (bicyclic) bond motifs is 1. The fourth-order valence-corrected chi connectivity index (χ4v) is 4.48. The van der Waals surface area contributed by atoms with Crippen molar-refractivity contribution in [2.24, 2.45) is 0 Å². The first-order valence-corrected chi connectivity index (χ1v) is 10.9. The third kappa shape index (κ3) is 3.78. The number of aromatic nitrogens is 1. The number of nitrogens with zero attached hydrogens (tertiary/aromatic N) is 2. The lowest BCUT2D eigenvalue weighted by atomic mass is 10.0. The maximum absolute atomic E-state index is 13.7. The van der Waals surface area contributed by atoms with E-state index in [2.05, 4.69) is 10.3 Å². The molecule has 0 aliphatic carbocycles. The van der Waals surface area contributed by atoms with Crippen molar-refractivity contribution < 1.29 is 14.0 Å². The van der Waals surface area contributed by atoms with E-state index in [0.29, 0.717) is 28.4 Å². The second-order valence-electron chi connectivity index (χ2n) is 7.46. The van der Waals surface area contributed by atoms with Gasteiger partial charge < -0.3 is 4.90 Å². The molecular formula is C25H18FN3O2S. The topological polar surface area (TPSA) is 62.3 Å².